The molecule has 3 nitrogen and oxygen atoms in total. The Hall–Kier alpha value is -0.830. The summed E-state index contributed by atoms with van der Waals surface area (Å²) in [6.45, 7) is 4.53. The first-order valence-corrected chi connectivity index (χ1v) is 6.94. The number of aromatic nitrogens is 2. The Balaban J connectivity index is 1.90. The first-order chi connectivity index (χ1) is 8.20. The van der Waals surface area contributed by atoms with Gasteiger partial charge in [-0.3, -0.25) is 0 Å². The number of rotatable bonds is 4. The third-order valence-corrected chi connectivity index (χ3v) is 4.09. The molecule has 1 aliphatic carbocycles. The van der Waals surface area contributed by atoms with Gasteiger partial charge in [0.1, 0.15) is 5.82 Å². The molecule has 17 heavy (non-hydrogen) atoms. The number of nitrogens with zero attached hydrogens (tertiary/aromatic N) is 2. The van der Waals surface area contributed by atoms with Crippen LogP contribution in [0.25, 0.3) is 0 Å². The van der Waals surface area contributed by atoms with E-state index in [4.69, 9.17) is 0 Å². The van der Waals surface area contributed by atoms with Gasteiger partial charge < -0.3 is 9.88 Å². The first kappa shape index (κ1) is 12.6. The molecule has 3 heteroatoms. The highest BCUT2D eigenvalue weighted by molar-refractivity contribution is 4.98. The molecule has 0 saturated heterocycles. The summed E-state index contributed by atoms with van der Waals surface area (Å²) < 4.78 is 2.11. The highest BCUT2D eigenvalue weighted by Crippen LogP contribution is 2.27. The molecule has 1 aromatic heterocycles. The second kappa shape index (κ2) is 5.67. The Kier molecular flexibility index (Phi) is 4.21. The van der Waals surface area contributed by atoms with Crippen LogP contribution in [-0.4, -0.2) is 15.6 Å². The van der Waals surface area contributed by atoms with E-state index in [0.29, 0.717) is 12.1 Å². The van der Waals surface area contributed by atoms with Gasteiger partial charge in [-0.25, -0.2) is 4.98 Å². The van der Waals surface area contributed by atoms with Crippen LogP contribution in [0, 0.1) is 5.92 Å². The van der Waals surface area contributed by atoms with Crippen LogP contribution >= 0.6 is 0 Å². The molecule has 1 aromatic rings. The van der Waals surface area contributed by atoms with Crippen molar-refractivity contribution in [1.29, 1.82) is 0 Å². The van der Waals surface area contributed by atoms with Crippen molar-refractivity contribution in [1.82, 2.24) is 14.9 Å². The Morgan fingerprint density at radius 2 is 2.35 bits per heavy atom. The van der Waals surface area contributed by atoms with Gasteiger partial charge in [0.15, 0.2) is 0 Å². The molecular weight excluding hydrogens is 210 g/mol. The second-order valence-electron chi connectivity index (χ2n) is 5.42. The van der Waals surface area contributed by atoms with Gasteiger partial charge in [-0.1, -0.05) is 26.2 Å². The minimum Gasteiger partial charge on any atom is -0.337 e. The summed E-state index contributed by atoms with van der Waals surface area (Å²) >= 11 is 0. The first-order valence-electron chi connectivity index (χ1n) is 6.94. The zero-order valence-corrected chi connectivity index (χ0v) is 11.3. The van der Waals surface area contributed by atoms with Gasteiger partial charge in [-0.2, -0.15) is 0 Å². The molecule has 3 unspecified atom stereocenters. The molecule has 0 amide bonds. The Bertz CT molecular complexity index is 345. The number of hydrogen-bond donors (Lipinski definition) is 1. The van der Waals surface area contributed by atoms with Gasteiger partial charge >= 0.3 is 0 Å². The van der Waals surface area contributed by atoms with Gasteiger partial charge in [0.2, 0.25) is 0 Å². The number of imidazole rings is 1. The fourth-order valence-electron chi connectivity index (χ4n) is 3.04. The SMILES string of the molecule is CCC1CCCC(NC(C)c2nccn2C)C1. The van der Waals surface area contributed by atoms with E-state index >= 15 is 0 Å². The van der Waals surface area contributed by atoms with Crippen molar-refractivity contribution in [3.8, 4) is 0 Å². The van der Waals surface area contributed by atoms with Crippen LogP contribution in [0.2, 0.25) is 0 Å². The molecule has 0 bridgehead atoms. The second-order valence-corrected chi connectivity index (χ2v) is 5.42. The van der Waals surface area contributed by atoms with E-state index in [2.05, 4.69) is 35.8 Å². The minimum absolute atomic E-state index is 0.357. The molecule has 1 heterocycles. The molecule has 3 atom stereocenters. The Morgan fingerprint density at radius 1 is 1.53 bits per heavy atom. The average molecular weight is 235 g/mol. The summed E-state index contributed by atoms with van der Waals surface area (Å²) in [6.07, 6.45) is 10.7. The van der Waals surface area contributed by atoms with Gasteiger partial charge in [0, 0.05) is 25.5 Å². The summed E-state index contributed by atoms with van der Waals surface area (Å²) in [5, 5.41) is 3.74. The van der Waals surface area contributed by atoms with E-state index in [9.17, 15) is 0 Å². The maximum Gasteiger partial charge on any atom is 0.125 e. The molecular formula is C14H25N3. The third-order valence-electron chi connectivity index (χ3n) is 4.09. The Morgan fingerprint density at radius 3 is 3.00 bits per heavy atom. The predicted octanol–water partition coefficient (Wildman–Crippen LogP) is 3.04. The van der Waals surface area contributed by atoms with Gasteiger partial charge in [0.05, 0.1) is 6.04 Å². The molecule has 1 fully saturated rings. The lowest BCUT2D eigenvalue weighted by molar-refractivity contribution is 0.263. The van der Waals surface area contributed by atoms with Crippen molar-refractivity contribution in [2.24, 2.45) is 13.0 Å². The molecule has 2 rings (SSSR count). The van der Waals surface area contributed by atoms with Crippen LogP contribution in [-0.2, 0) is 7.05 Å². The van der Waals surface area contributed by atoms with Crippen molar-refractivity contribution >= 4 is 0 Å². The fourth-order valence-corrected chi connectivity index (χ4v) is 3.04. The highest BCUT2D eigenvalue weighted by Gasteiger charge is 2.23. The van der Waals surface area contributed by atoms with Crippen LogP contribution < -0.4 is 5.32 Å². The molecule has 1 aliphatic rings. The Labute approximate surface area is 105 Å². The van der Waals surface area contributed by atoms with Crippen LogP contribution in [0.1, 0.15) is 57.8 Å². The van der Waals surface area contributed by atoms with E-state index in [-0.39, 0.29) is 0 Å². The lowest BCUT2D eigenvalue weighted by Crippen LogP contribution is -2.36. The molecule has 1 saturated carbocycles. The standard InChI is InChI=1S/C14H25N3/c1-4-12-6-5-7-13(10-12)16-11(2)14-15-8-9-17(14)3/h8-9,11-13,16H,4-7,10H2,1-3H3. The van der Waals surface area contributed by atoms with Crippen LogP contribution in [0.4, 0.5) is 0 Å². The van der Waals surface area contributed by atoms with E-state index < -0.39 is 0 Å². The summed E-state index contributed by atoms with van der Waals surface area (Å²) in [5.41, 5.74) is 0. The van der Waals surface area contributed by atoms with Crippen LogP contribution in [0.15, 0.2) is 12.4 Å². The fraction of sp³-hybridized carbons (Fsp3) is 0.786. The van der Waals surface area contributed by atoms with Crippen molar-refractivity contribution in [2.75, 3.05) is 0 Å². The molecule has 0 radical (unpaired) electrons. The summed E-state index contributed by atoms with van der Waals surface area (Å²) in [4.78, 5) is 4.42. The minimum atomic E-state index is 0.357. The number of aryl methyl sites for hydroxylation is 1. The quantitative estimate of drug-likeness (QED) is 0.869. The monoisotopic (exact) mass is 235 g/mol. The van der Waals surface area contributed by atoms with E-state index in [1.54, 1.807) is 0 Å². The van der Waals surface area contributed by atoms with Crippen LogP contribution in [0.3, 0.4) is 0 Å². The molecule has 96 valence electrons. The molecule has 0 spiro atoms. The van der Waals surface area contributed by atoms with E-state index in [1.807, 2.05) is 12.4 Å². The number of nitrogens with one attached hydrogen (secondary N) is 1. The molecule has 1 N–H and O–H groups in total. The smallest absolute Gasteiger partial charge is 0.125 e. The zero-order valence-electron chi connectivity index (χ0n) is 11.3. The maximum atomic E-state index is 4.42. The molecule has 0 aliphatic heterocycles. The van der Waals surface area contributed by atoms with E-state index in [0.717, 1.165) is 11.7 Å². The lowest BCUT2D eigenvalue weighted by Gasteiger charge is -2.31. The summed E-state index contributed by atoms with van der Waals surface area (Å²) in [7, 11) is 2.07. The molecule has 0 aromatic carbocycles. The third kappa shape index (κ3) is 3.09. The van der Waals surface area contributed by atoms with Crippen molar-refractivity contribution < 1.29 is 0 Å². The van der Waals surface area contributed by atoms with Crippen molar-refractivity contribution in [3.63, 3.8) is 0 Å². The number of hydrogen-bond acceptors (Lipinski definition) is 2. The maximum absolute atomic E-state index is 4.42. The largest absolute Gasteiger partial charge is 0.337 e. The summed E-state index contributed by atoms with van der Waals surface area (Å²) in [6, 6.07) is 1.04. The van der Waals surface area contributed by atoms with Crippen molar-refractivity contribution in [3.05, 3.63) is 18.2 Å². The van der Waals surface area contributed by atoms with Gasteiger partial charge in [-0.15, -0.1) is 0 Å². The van der Waals surface area contributed by atoms with Gasteiger partial charge in [-0.05, 0) is 25.7 Å². The topological polar surface area (TPSA) is 29.9 Å². The van der Waals surface area contributed by atoms with Crippen LogP contribution in [0.5, 0.6) is 0 Å². The lowest BCUT2D eigenvalue weighted by atomic mass is 9.84. The highest BCUT2D eigenvalue weighted by atomic mass is 15.1. The predicted molar refractivity (Wildman–Crippen MR) is 70.8 cm³/mol. The van der Waals surface area contributed by atoms with Crippen molar-refractivity contribution in [2.45, 2.75) is 58.0 Å². The van der Waals surface area contributed by atoms with E-state index in [1.165, 1.54) is 32.1 Å². The normalized spacial score (nSPS) is 27.0. The summed E-state index contributed by atoms with van der Waals surface area (Å²) in [5.74, 6) is 2.07. The zero-order chi connectivity index (χ0) is 12.3. The average Bonchev–Trinajstić information content (AvgIpc) is 2.76. The van der Waals surface area contributed by atoms with Gasteiger partial charge in [0.25, 0.3) is 0 Å².